The summed E-state index contributed by atoms with van der Waals surface area (Å²) in [7, 11) is 0. The Hall–Kier alpha value is -2.49. The van der Waals surface area contributed by atoms with Gasteiger partial charge in [-0.2, -0.15) is 0 Å². The molecule has 31 heavy (non-hydrogen) atoms. The van der Waals surface area contributed by atoms with Crippen LogP contribution in [0.3, 0.4) is 0 Å². The summed E-state index contributed by atoms with van der Waals surface area (Å²) >= 11 is 0. The van der Waals surface area contributed by atoms with Crippen LogP contribution in [0.1, 0.15) is 52.8 Å². The molecule has 0 aliphatic carbocycles. The minimum atomic E-state index is -0.484. The Balaban J connectivity index is 1.73. The van der Waals surface area contributed by atoms with Crippen molar-refractivity contribution in [3.05, 3.63) is 30.2 Å². The highest BCUT2D eigenvalue weighted by atomic mass is 16.6. The van der Waals surface area contributed by atoms with Crippen molar-refractivity contribution < 1.29 is 23.5 Å². The molecule has 1 amide bonds. The number of hydrogen-bond donors (Lipinski definition) is 2. The summed E-state index contributed by atoms with van der Waals surface area (Å²) in [6, 6.07) is 7.51. The first-order valence-corrected chi connectivity index (χ1v) is 10.4. The topological polar surface area (TPSA) is 122 Å². The van der Waals surface area contributed by atoms with Gasteiger partial charge in [0, 0.05) is 25.3 Å². The van der Waals surface area contributed by atoms with Crippen molar-refractivity contribution in [2.75, 3.05) is 19.8 Å². The van der Waals surface area contributed by atoms with Crippen LogP contribution in [0.25, 0.3) is 11.5 Å². The van der Waals surface area contributed by atoms with E-state index in [9.17, 15) is 4.79 Å². The zero-order valence-corrected chi connectivity index (χ0v) is 19.1. The number of carbonyl (C=O) groups is 1. The normalized spacial score (nSPS) is 12.1. The standard InChI is InChI=1S/C22H34N4O5/c1-16-25-26-20(31-16)17-8-10-18(11-9-17)28-14-12-22(4,5)29-15-21(2,3)24-19(27)7-6-13-30-23/h8-11H,6-7,12-15,23H2,1-5H3,(H,24,27). The summed E-state index contributed by atoms with van der Waals surface area (Å²) in [4.78, 5) is 16.5. The number of benzene rings is 1. The predicted molar refractivity (Wildman–Crippen MR) is 116 cm³/mol. The molecule has 172 valence electrons. The lowest BCUT2D eigenvalue weighted by atomic mass is 10.0. The Bertz CT molecular complexity index is 818. The predicted octanol–water partition coefficient (Wildman–Crippen LogP) is 3.17. The lowest BCUT2D eigenvalue weighted by Gasteiger charge is -2.32. The number of rotatable bonds is 13. The molecule has 0 saturated carbocycles. The van der Waals surface area contributed by atoms with Crippen molar-refractivity contribution in [1.82, 2.24) is 15.5 Å². The summed E-state index contributed by atoms with van der Waals surface area (Å²) in [6.07, 6.45) is 1.63. The minimum Gasteiger partial charge on any atom is -0.493 e. The fourth-order valence-corrected chi connectivity index (χ4v) is 2.76. The lowest BCUT2D eigenvalue weighted by Crippen LogP contribution is -2.48. The van der Waals surface area contributed by atoms with Gasteiger partial charge >= 0.3 is 0 Å². The largest absolute Gasteiger partial charge is 0.493 e. The molecule has 2 rings (SSSR count). The van der Waals surface area contributed by atoms with E-state index in [4.69, 9.17) is 19.8 Å². The second-order valence-corrected chi connectivity index (χ2v) is 8.70. The molecule has 0 aliphatic heterocycles. The van der Waals surface area contributed by atoms with Gasteiger partial charge in [-0.05, 0) is 58.4 Å². The first-order chi connectivity index (χ1) is 14.6. The molecule has 0 spiro atoms. The Kier molecular flexibility index (Phi) is 8.97. The van der Waals surface area contributed by atoms with Crippen LogP contribution in [0.5, 0.6) is 5.75 Å². The van der Waals surface area contributed by atoms with Crippen LogP contribution in [0, 0.1) is 6.92 Å². The number of hydrogen-bond acceptors (Lipinski definition) is 8. The van der Waals surface area contributed by atoms with Crippen LogP contribution in [-0.2, 0) is 14.4 Å². The molecule has 1 heterocycles. The summed E-state index contributed by atoms with van der Waals surface area (Å²) < 4.78 is 17.3. The van der Waals surface area contributed by atoms with E-state index in [1.807, 2.05) is 52.0 Å². The van der Waals surface area contributed by atoms with Crippen molar-refractivity contribution in [2.24, 2.45) is 5.90 Å². The smallest absolute Gasteiger partial charge is 0.247 e. The molecule has 2 aromatic rings. The van der Waals surface area contributed by atoms with Gasteiger partial charge in [-0.1, -0.05) is 0 Å². The summed E-state index contributed by atoms with van der Waals surface area (Å²) in [6.45, 7) is 10.9. The number of ether oxygens (including phenoxy) is 2. The molecule has 0 unspecified atom stereocenters. The molecule has 0 aliphatic rings. The number of amides is 1. The van der Waals surface area contributed by atoms with Crippen molar-refractivity contribution >= 4 is 5.91 Å². The molecular formula is C22H34N4O5. The molecule has 0 radical (unpaired) electrons. The molecule has 9 heteroatoms. The van der Waals surface area contributed by atoms with Crippen LogP contribution in [-0.4, -0.2) is 47.1 Å². The van der Waals surface area contributed by atoms with Gasteiger partial charge in [-0.25, -0.2) is 5.90 Å². The highest BCUT2D eigenvalue weighted by Crippen LogP contribution is 2.22. The fourth-order valence-electron chi connectivity index (χ4n) is 2.76. The minimum absolute atomic E-state index is 0.0501. The zero-order valence-electron chi connectivity index (χ0n) is 19.1. The summed E-state index contributed by atoms with van der Waals surface area (Å²) in [5.74, 6) is 6.70. The average Bonchev–Trinajstić information content (AvgIpc) is 3.13. The Morgan fingerprint density at radius 2 is 1.84 bits per heavy atom. The molecular weight excluding hydrogens is 400 g/mol. The van der Waals surface area contributed by atoms with Gasteiger partial charge in [-0.3, -0.25) is 4.79 Å². The van der Waals surface area contributed by atoms with Crippen LogP contribution in [0.15, 0.2) is 28.7 Å². The van der Waals surface area contributed by atoms with Gasteiger partial charge in [0.05, 0.1) is 31.0 Å². The molecule has 0 saturated heterocycles. The number of aryl methyl sites for hydroxylation is 1. The Labute approximate surface area is 183 Å². The number of nitrogens with two attached hydrogens (primary N) is 1. The maximum absolute atomic E-state index is 12.0. The number of nitrogens with one attached hydrogen (secondary N) is 1. The van der Waals surface area contributed by atoms with Crippen molar-refractivity contribution in [3.63, 3.8) is 0 Å². The van der Waals surface area contributed by atoms with E-state index in [2.05, 4.69) is 20.4 Å². The lowest BCUT2D eigenvalue weighted by molar-refractivity contribution is -0.125. The first-order valence-electron chi connectivity index (χ1n) is 10.4. The zero-order chi connectivity index (χ0) is 22.9. The monoisotopic (exact) mass is 434 g/mol. The summed E-state index contributed by atoms with van der Waals surface area (Å²) in [5, 5.41) is 10.8. The fraction of sp³-hybridized carbons (Fsp3) is 0.591. The van der Waals surface area contributed by atoms with Crippen molar-refractivity contribution in [3.8, 4) is 17.2 Å². The van der Waals surface area contributed by atoms with Crippen LogP contribution >= 0.6 is 0 Å². The third kappa shape index (κ3) is 9.04. The highest BCUT2D eigenvalue weighted by molar-refractivity contribution is 5.76. The third-order valence-corrected chi connectivity index (χ3v) is 4.57. The second kappa shape index (κ2) is 11.2. The van der Waals surface area contributed by atoms with E-state index in [0.717, 1.165) is 11.3 Å². The Morgan fingerprint density at radius 1 is 1.13 bits per heavy atom. The van der Waals surface area contributed by atoms with Gasteiger partial charge in [-0.15, -0.1) is 10.2 Å². The number of carbonyl (C=O) groups excluding carboxylic acids is 1. The van der Waals surface area contributed by atoms with E-state index in [-0.39, 0.29) is 5.91 Å². The van der Waals surface area contributed by atoms with Crippen LogP contribution in [0.2, 0.25) is 0 Å². The average molecular weight is 435 g/mol. The van der Waals surface area contributed by atoms with E-state index < -0.39 is 11.1 Å². The van der Waals surface area contributed by atoms with Gasteiger partial charge < -0.3 is 24.0 Å². The van der Waals surface area contributed by atoms with E-state index in [1.54, 1.807) is 6.92 Å². The molecule has 0 fully saturated rings. The van der Waals surface area contributed by atoms with Gasteiger partial charge in [0.1, 0.15) is 5.75 Å². The SMILES string of the molecule is Cc1nnc(-c2ccc(OCCC(C)(C)OCC(C)(C)NC(=O)CCCON)cc2)o1. The van der Waals surface area contributed by atoms with Crippen LogP contribution in [0.4, 0.5) is 0 Å². The maximum atomic E-state index is 12.0. The number of aromatic nitrogens is 2. The Morgan fingerprint density at radius 3 is 2.45 bits per heavy atom. The first kappa shape index (κ1) is 24.8. The molecule has 0 bridgehead atoms. The molecule has 0 atom stereocenters. The van der Waals surface area contributed by atoms with E-state index in [0.29, 0.717) is 50.9 Å². The molecule has 9 nitrogen and oxygen atoms in total. The van der Waals surface area contributed by atoms with Crippen molar-refractivity contribution in [1.29, 1.82) is 0 Å². The number of nitrogens with zero attached hydrogens (tertiary/aromatic N) is 2. The van der Waals surface area contributed by atoms with Gasteiger partial charge in [0.2, 0.25) is 17.7 Å². The van der Waals surface area contributed by atoms with Crippen molar-refractivity contribution in [2.45, 2.75) is 65.0 Å². The molecule has 1 aromatic heterocycles. The second-order valence-electron chi connectivity index (χ2n) is 8.70. The third-order valence-electron chi connectivity index (χ3n) is 4.57. The molecule has 1 aromatic carbocycles. The van der Waals surface area contributed by atoms with Gasteiger partial charge in [0.15, 0.2) is 0 Å². The van der Waals surface area contributed by atoms with E-state index >= 15 is 0 Å². The van der Waals surface area contributed by atoms with Gasteiger partial charge in [0.25, 0.3) is 0 Å². The maximum Gasteiger partial charge on any atom is 0.247 e. The highest BCUT2D eigenvalue weighted by Gasteiger charge is 2.26. The van der Waals surface area contributed by atoms with E-state index in [1.165, 1.54) is 0 Å². The quantitative estimate of drug-likeness (QED) is 0.364. The summed E-state index contributed by atoms with van der Waals surface area (Å²) in [5.41, 5.74) is -0.0466. The van der Waals surface area contributed by atoms with Crippen LogP contribution < -0.4 is 16.0 Å². The molecule has 3 N–H and O–H groups in total.